The molecule has 0 spiro atoms. The Kier molecular flexibility index (Phi) is 5.10. The van der Waals surface area contributed by atoms with E-state index in [9.17, 15) is 12.8 Å². The van der Waals surface area contributed by atoms with Crippen LogP contribution < -0.4 is 10.6 Å². The molecule has 0 aliphatic heterocycles. The summed E-state index contributed by atoms with van der Waals surface area (Å²) in [5.41, 5.74) is 0.657. The highest BCUT2D eigenvalue weighted by atomic mass is 35.5. The van der Waals surface area contributed by atoms with E-state index in [0.717, 1.165) is 12.8 Å². The molecule has 0 atom stereocenters. The van der Waals surface area contributed by atoms with Crippen molar-refractivity contribution in [2.24, 2.45) is 5.92 Å². The zero-order chi connectivity index (χ0) is 18.0. The maximum atomic E-state index is 13.0. The van der Waals surface area contributed by atoms with Gasteiger partial charge in [-0.3, -0.25) is 0 Å². The SMILES string of the molecule is CS(=O)(=O)CC1CC(Nc2ncc(Cl)c(Nc3ccc(F)cc3)n2)C1. The molecule has 6 nitrogen and oxygen atoms in total. The zero-order valence-electron chi connectivity index (χ0n) is 13.5. The fourth-order valence-electron chi connectivity index (χ4n) is 2.79. The number of sulfone groups is 1. The van der Waals surface area contributed by atoms with Crippen LogP contribution in [0.15, 0.2) is 30.5 Å². The van der Waals surface area contributed by atoms with Gasteiger partial charge in [-0.25, -0.2) is 17.8 Å². The van der Waals surface area contributed by atoms with Crippen molar-refractivity contribution < 1.29 is 12.8 Å². The Balaban J connectivity index is 1.61. The first-order valence-electron chi connectivity index (χ1n) is 7.78. The Morgan fingerprint density at radius 3 is 2.60 bits per heavy atom. The van der Waals surface area contributed by atoms with Crippen molar-refractivity contribution in [3.63, 3.8) is 0 Å². The first-order chi connectivity index (χ1) is 11.8. The molecule has 1 aromatic heterocycles. The van der Waals surface area contributed by atoms with Crippen LogP contribution in [0.25, 0.3) is 0 Å². The van der Waals surface area contributed by atoms with Gasteiger partial charge in [0.05, 0.1) is 11.9 Å². The first-order valence-corrected chi connectivity index (χ1v) is 10.2. The topological polar surface area (TPSA) is 84.0 Å². The second kappa shape index (κ2) is 7.13. The van der Waals surface area contributed by atoms with E-state index in [4.69, 9.17) is 11.6 Å². The maximum absolute atomic E-state index is 13.0. The summed E-state index contributed by atoms with van der Waals surface area (Å²) in [5, 5.41) is 6.55. The molecule has 134 valence electrons. The van der Waals surface area contributed by atoms with Crippen molar-refractivity contribution in [3.05, 3.63) is 41.3 Å². The van der Waals surface area contributed by atoms with Crippen LogP contribution in [0.5, 0.6) is 0 Å². The van der Waals surface area contributed by atoms with Crippen molar-refractivity contribution in [1.29, 1.82) is 0 Å². The predicted molar refractivity (Wildman–Crippen MR) is 96.6 cm³/mol. The van der Waals surface area contributed by atoms with E-state index < -0.39 is 9.84 Å². The van der Waals surface area contributed by atoms with E-state index in [-0.39, 0.29) is 23.5 Å². The molecule has 3 rings (SSSR count). The highest BCUT2D eigenvalue weighted by Crippen LogP contribution is 2.31. The number of halogens is 2. The lowest BCUT2D eigenvalue weighted by Crippen LogP contribution is -2.39. The molecule has 1 aliphatic carbocycles. The number of hydrogen-bond acceptors (Lipinski definition) is 6. The molecule has 2 N–H and O–H groups in total. The van der Waals surface area contributed by atoms with E-state index in [1.807, 2.05) is 0 Å². The van der Waals surface area contributed by atoms with Crippen LogP contribution in [-0.4, -0.2) is 36.4 Å². The maximum Gasteiger partial charge on any atom is 0.224 e. The van der Waals surface area contributed by atoms with Crippen LogP contribution in [0, 0.1) is 11.7 Å². The van der Waals surface area contributed by atoms with Gasteiger partial charge in [-0.2, -0.15) is 4.98 Å². The van der Waals surface area contributed by atoms with Crippen molar-refractivity contribution >= 4 is 38.9 Å². The second-order valence-electron chi connectivity index (χ2n) is 6.29. The number of nitrogens with one attached hydrogen (secondary N) is 2. The minimum Gasteiger partial charge on any atom is -0.351 e. The Bertz CT molecular complexity index is 855. The van der Waals surface area contributed by atoms with Crippen LogP contribution in [0.3, 0.4) is 0 Å². The summed E-state index contributed by atoms with van der Waals surface area (Å²) in [7, 11) is -2.94. The highest BCUT2D eigenvalue weighted by molar-refractivity contribution is 7.90. The van der Waals surface area contributed by atoms with Crippen molar-refractivity contribution in [2.75, 3.05) is 22.6 Å². The van der Waals surface area contributed by atoms with Gasteiger partial charge in [-0.1, -0.05) is 11.6 Å². The van der Waals surface area contributed by atoms with Crippen molar-refractivity contribution in [1.82, 2.24) is 9.97 Å². The van der Waals surface area contributed by atoms with Crippen LogP contribution in [0.1, 0.15) is 12.8 Å². The fourth-order valence-corrected chi connectivity index (χ4v) is 4.06. The largest absolute Gasteiger partial charge is 0.351 e. The smallest absolute Gasteiger partial charge is 0.224 e. The zero-order valence-corrected chi connectivity index (χ0v) is 15.1. The van der Waals surface area contributed by atoms with Crippen LogP contribution in [0.4, 0.5) is 21.8 Å². The molecule has 1 heterocycles. The summed E-state index contributed by atoms with van der Waals surface area (Å²) in [6, 6.07) is 6.00. The molecule has 0 unspecified atom stereocenters. The number of anilines is 3. The highest BCUT2D eigenvalue weighted by Gasteiger charge is 2.32. The lowest BCUT2D eigenvalue weighted by atomic mass is 9.82. The van der Waals surface area contributed by atoms with Crippen LogP contribution in [-0.2, 0) is 9.84 Å². The Morgan fingerprint density at radius 1 is 1.28 bits per heavy atom. The molecular weight excluding hydrogens is 367 g/mol. The van der Waals surface area contributed by atoms with Gasteiger partial charge >= 0.3 is 0 Å². The Hall–Kier alpha value is -1.93. The monoisotopic (exact) mass is 384 g/mol. The van der Waals surface area contributed by atoms with Gasteiger partial charge in [0.15, 0.2) is 5.82 Å². The molecule has 0 amide bonds. The number of hydrogen-bond donors (Lipinski definition) is 2. The van der Waals surface area contributed by atoms with E-state index in [1.54, 1.807) is 12.1 Å². The number of benzene rings is 1. The van der Waals surface area contributed by atoms with Gasteiger partial charge in [0, 0.05) is 18.0 Å². The van der Waals surface area contributed by atoms with E-state index in [0.29, 0.717) is 22.5 Å². The van der Waals surface area contributed by atoms with Gasteiger partial charge in [-0.15, -0.1) is 0 Å². The van der Waals surface area contributed by atoms with Crippen molar-refractivity contribution in [2.45, 2.75) is 18.9 Å². The average molecular weight is 385 g/mol. The third-order valence-electron chi connectivity index (χ3n) is 3.96. The molecule has 0 saturated heterocycles. The van der Waals surface area contributed by atoms with E-state index >= 15 is 0 Å². The number of aromatic nitrogens is 2. The van der Waals surface area contributed by atoms with Gasteiger partial charge in [0.25, 0.3) is 0 Å². The standard InChI is InChI=1S/C16H18ClFN4O2S/c1-25(23,24)9-10-6-13(7-10)21-16-19-8-14(17)15(22-16)20-12-4-2-11(18)3-5-12/h2-5,8,10,13H,6-7,9H2,1H3,(H2,19,20,21,22). The van der Waals surface area contributed by atoms with Crippen molar-refractivity contribution in [3.8, 4) is 0 Å². The molecule has 0 radical (unpaired) electrons. The third kappa shape index (κ3) is 5.02. The summed E-state index contributed by atoms with van der Waals surface area (Å²) in [4.78, 5) is 8.48. The minimum absolute atomic E-state index is 0.145. The lowest BCUT2D eigenvalue weighted by Gasteiger charge is -2.35. The number of nitrogens with zero attached hydrogens (tertiary/aromatic N) is 2. The quantitative estimate of drug-likeness (QED) is 0.795. The van der Waals surface area contributed by atoms with E-state index in [1.165, 1.54) is 24.6 Å². The van der Waals surface area contributed by atoms with Crippen LogP contribution >= 0.6 is 11.6 Å². The lowest BCUT2D eigenvalue weighted by molar-refractivity contribution is 0.310. The van der Waals surface area contributed by atoms with Gasteiger partial charge in [0.1, 0.15) is 20.7 Å². The van der Waals surface area contributed by atoms with Gasteiger partial charge in [-0.05, 0) is 43.0 Å². The van der Waals surface area contributed by atoms with E-state index in [2.05, 4.69) is 20.6 Å². The molecule has 9 heteroatoms. The summed E-state index contributed by atoms with van der Waals surface area (Å²) >= 11 is 6.10. The fraction of sp³-hybridized carbons (Fsp3) is 0.375. The molecule has 2 aromatic rings. The minimum atomic E-state index is -2.94. The molecule has 1 fully saturated rings. The summed E-state index contributed by atoms with van der Waals surface area (Å²) in [5.74, 6) is 0.894. The third-order valence-corrected chi connectivity index (χ3v) is 5.31. The normalized spacial score (nSPS) is 20.0. The second-order valence-corrected chi connectivity index (χ2v) is 8.89. The number of rotatable bonds is 6. The van der Waals surface area contributed by atoms with Gasteiger partial charge < -0.3 is 10.6 Å². The van der Waals surface area contributed by atoms with Crippen LogP contribution in [0.2, 0.25) is 5.02 Å². The molecule has 25 heavy (non-hydrogen) atoms. The summed E-state index contributed by atoms with van der Waals surface area (Å²) in [6.45, 7) is 0. The summed E-state index contributed by atoms with van der Waals surface area (Å²) < 4.78 is 35.5. The predicted octanol–water partition coefficient (Wildman–Crippen LogP) is 3.25. The first kappa shape index (κ1) is 17.9. The molecule has 1 saturated carbocycles. The molecule has 1 aromatic carbocycles. The Labute approximate surface area is 150 Å². The van der Waals surface area contributed by atoms with Gasteiger partial charge in [0.2, 0.25) is 5.95 Å². The Morgan fingerprint density at radius 2 is 1.96 bits per heavy atom. The molecular formula is C16H18ClFN4O2S. The molecule has 0 bridgehead atoms. The molecule has 1 aliphatic rings. The summed E-state index contributed by atoms with van der Waals surface area (Å²) in [6.07, 6.45) is 4.26. The average Bonchev–Trinajstić information content (AvgIpc) is 2.49.